The minimum Gasteiger partial charge on any atom is -0.311 e. The van der Waals surface area contributed by atoms with Crippen LogP contribution in [0.1, 0.15) is 30.0 Å². The highest BCUT2D eigenvalue weighted by Crippen LogP contribution is 2.52. The van der Waals surface area contributed by atoms with Crippen LogP contribution < -0.4 is 4.90 Å². The number of fused-ring (bicyclic) bond motifs is 3. The summed E-state index contributed by atoms with van der Waals surface area (Å²) in [5.41, 5.74) is 10.1. The molecule has 1 heteroatoms. The second-order valence-electron chi connectivity index (χ2n) is 9.09. The SMILES string of the molecule is CC1(c2ccc(N(C3=CCC=CC=C3)c3ccccc3)cc2)c2ccccc2-c2ccccc21. The van der Waals surface area contributed by atoms with Crippen molar-refractivity contribution in [3.8, 4) is 11.1 Å². The third-order valence-electron chi connectivity index (χ3n) is 7.17. The minimum atomic E-state index is -0.172. The van der Waals surface area contributed by atoms with Gasteiger partial charge in [0.05, 0.1) is 0 Å². The lowest BCUT2D eigenvalue weighted by molar-refractivity contribution is 0.714. The number of rotatable bonds is 4. The number of anilines is 2. The van der Waals surface area contributed by atoms with Crippen molar-refractivity contribution in [1.82, 2.24) is 0 Å². The van der Waals surface area contributed by atoms with Crippen molar-refractivity contribution in [1.29, 1.82) is 0 Å². The number of benzene rings is 4. The molecule has 2 aliphatic rings. The lowest BCUT2D eigenvalue weighted by atomic mass is 9.74. The van der Waals surface area contributed by atoms with Gasteiger partial charge in [-0.25, -0.2) is 0 Å². The van der Waals surface area contributed by atoms with E-state index in [1.165, 1.54) is 33.5 Å². The Labute approximate surface area is 202 Å². The van der Waals surface area contributed by atoms with Gasteiger partial charge in [0, 0.05) is 22.5 Å². The third-order valence-corrected chi connectivity index (χ3v) is 7.17. The topological polar surface area (TPSA) is 3.24 Å². The molecular weight excluding hydrogens is 410 g/mol. The van der Waals surface area contributed by atoms with E-state index in [1.54, 1.807) is 0 Å². The smallest absolute Gasteiger partial charge is 0.0461 e. The van der Waals surface area contributed by atoms with Crippen molar-refractivity contribution in [2.75, 3.05) is 4.90 Å². The van der Waals surface area contributed by atoms with Gasteiger partial charge in [0.15, 0.2) is 0 Å². The highest BCUT2D eigenvalue weighted by molar-refractivity contribution is 5.83. The van der Waals surface area contributed by atoms with Crippen LogP contribution in [0.4, 0.5) is 11.4 Å². The third kappa shape index (κ3) is 3.24. The molecule has 0 N–H and O–H groups in total. The van der Waals surface area contributed by atoms with Crippen LogP contribution in [0, 0.1) is 0 Å². The maximum atomic E-state index is 2.36. The molecule has 0 saturated carbocycles. The van der Waals surface area contributed by atoms with E-state index in [2.05, 4.69) is 145 Å². The molecule has 164 valence electrons. The molecule has 34 heavy (non-hydrogen) atoms. The van der Waals surface area contributed by atoms with Gasteiger partial charge in [-0.05, 0) is 71.5 Å². The molecule has 6 rings (SSSR count). The van der Waals surface area contributed by atoms with Gasteiger partial charge in [-0.3, -0.25) is 0 Å². The molecular formula is C33H27N. The van der Waals surface area contributed by atoms with E-state index in [1.807, 2.05) is 0 Å². The monoisotopic (exact) mass is 437 g/mol. The van der Waals surface area contributed by atoms with E-state index in [9.17, 15) is 0 Å². The second-order valence-corrected chi connectivity index (χ2v) is 9.09. The van der Waals surface area contributed by atoms with Gasteiger partial charge in [-0.15, -0.1) is 0 Å². The van der Waals surface area contributed by atoms with Crippen LogP contribution in [0.15, 0.2) is 139 Å². The number of hydrogen-bond donors (Lipinski definition) is 0. The second kappa shape index (κ2) is 8.35. The minimum absolute atomic E-state index is 0.172. The zero-order valence-electron chi connectivity index (χ0n) is 19.4. The fourth-order valence-corrected chi connectivity index (χ4v) is 5.47. The van der Waals surface area contributed by atoms with Gasteiger partial charge in [0.25, 0.3) is 0 Å². The summed E-state index contributed by atoms with van der Waals surface area (Å²) < 4.78 is 0. The summed E-state index contributed by atoms with van der Waals surface area (Å²) in [5, 5.41) is 0. The summed E-state index contributed by atoms with van der Waals surface area (Å²) in [7, 11) is 0. The molecule has 0 bridgehead atoms. The number of allylic oxidation sites excluding steroid dienone is 5. The molecule has 0 aromatic heterocycles. The van der Waals surface area contributed by atoms with E-state index in [-0.39, 0.29) is 5.41 Å². The van der Waals surface area contributed by atoms with Gasteiger partial charge in [0.1, 0.15) is 0 Å². The summed E-state index contributed by atoms with van der Waals surface area (Å²) in [6, 6.07) is 37.5. The van der Waals surface area contributed by atoms with Crippen molar-refractivity contribution in [2.24, 2.45) is 0 Å². The first-order valence-electron chi connectivity index (χ1n) is 12.0. The number of para-hydroxylation sites is 1. The molecule has 0 saturated heterocycles. The fourth-order valence-electron chi connectivity index (χ4n) is 5.47. The highest BCUT2D eigenvalue weighted by atomic mass is 15.1. The van der Waals surface area contributed by atoms with Gasteiger partial charge in [-0.1, -0.05) is 103 Å². The van der Waals surface area contributed by atoms with Gasteiger partial charge < -0.3 is 4.90 Å². The molecule has 0 heterocycles. The molecule has 2 aliphatic carbocycles. The summed E-state index contributed by atoms with van der Waals surface area (Å²) in [6.07, 6.45) is 11.8. The Morgan fingerprint density at radius 3 is 1.88 bits per heavy atom. The molecule has 4 aromatic carbocycles. The predicted octanol–water partition coefficient (Wildman–Crippen LogP) is 8.56. The van der Waals surface area contributed by atoms with E-state index >= 15 is 0 Å². The standard InChI is InChI=1S/C33H27N/c1-33(31-19-11-9-17-29(31)30-18-10-12-20-32(30)33)25-21-23-28(24-22-25)34(27-15-7-4-8-16-27)26-13-5-2-3-6-14-26/h2-5,7-24H,6H2,1H3. The summed E-state index contributed by atoms with van der Waals surface area (Å²) in [5.74, 6) is 0. The zero-order chi connectivity index (χ0) is 23.0. The Morgan fingerprint density at radius 2 is 1.21 bits per heavy atom. The van der Waals surface area contributed by atoms with Gasteiger partial charge in [-0.2, -0.15) is 0 Å². The first-order valence-corrected chi connectivity index (χ1v) is 12.0. The molecule has 0 atom stereocenters. The maximum absolute atomic E-state index is 2.36. The van der Waals surface area contributed by atoms with Gasteiger partial charge >= 0.3 is 0 Å². The van der Waals surface area contributed by atoms with Crippen molar-refractivity contribution in [3.05, 3.63) is 156 Å². The van der Waals surface area contributed by atoms with E-state index in [0.717, 1.165) is 17.8 Å². The van der Waals surface area contributed by atoms with Gasteiger partial charge in [0.2, 0.25) is 0 Å². The van der Waals surface area contributed by atoms with Crippen LogP contribution in [-0.4, -0.2) is 0 Å². The molecule has 0 unspecified atom stereocenters. The maximum Gasteiger partial charge on any atom is 0.0461 e. The quantitative estimate of drug-likeness (QED) is 0.309. The van der Waals surface area contributed by atoms with Crippen molar-refractivity contribution in [2.45, 2.75) is 18.8 Å². The summed E-state index contributed by atoms with van der Waals surface area (Å²) in [4.78, 5) is 2.34. The molecule has 0 aliphatic heterocycles. The van der Waals surface area contributed by atoms with Crippen LogP contribution >= 0.6 is 0 Å². The Kier molecular flexibility index (Phi) is 5.04. The molecule has 0 amide bonds. The van der Waals surface area contributed by atoms with Crippen molar-refractivity contribution >= 4 is 11.4 Å². The largest absolute Gasteiger partial charge is 0.311 e. The first kappa shape index (κ1) is 20.5. The Bertz CT molecular complexity index is 1380. The molecule has 0 radical (unpaired) electrons. The predicted molar refractivity (Wildman–Crippen MR) is 143 cm³/mol. The molecule has 0 fully saturated rings. The Balaban J connectivity index is 1.46. The van der Waals surface area contributed by atoms with Crippen LogP contribution in [0.5, 0.6) is 0 Å². The first-order chi connectivity index (χ1) is 16.8. The van der Waals surface area contributed by atoms with Crippen molar-refractivity contribution in [3.63, 3.8) is 0 Å². The Morgan fingerprint density at radius 1 is 0.618 bits per heavy atom. The molecule has 4 aromatic rings. The molecule has 1 nitrogen and oxygen atoms in total. The van der Waals surface area contributed by atoms with E-state index < -0.39 is 0 Å². The normalized spacial score (nSPS) is 15.3. The lowest BCUT2D eigenvalue weighted by Crippen LogP contribution is -2.22. The highest BCUT2D eigenvalue weighted by Gasteiger charge is 2.40. The Hall–Kier alpha value is -4.10. The average Bonchev–Trinajstić information content (AvgIpc) is 3.04. The molecule has 0 spiro atoms. The fraction of sp³-hybridized carbons (Fsp3) is 0.0909. The van der Waals surface area contributed by atoms with E-state index in [4.69, 9.17) is 0 Å². The summed E-state index contributed by atoms with van der Waals surface area (Å²) in [6.45, 7) is 2.36. The van der Waals surface area contributed by atoms with E-state index in [0.29, 0.717) is 0 Å². The van der Waals surface area contributed by atoms with Crippen LogP contribution in [0.3, 0.4) is 0 Å². The number of hydrogen-bond acceptors (Lipinski definition) is 1. The summed E-state index contributed by atoms with van der Waals surface area (Å²) >= 11 is 0. The van der Waals surface area contributed by atoms with Crippen LogP contribution in [-0.2, 0) is 5.41 Å². The lowest BCUT2D eigenvalue weighted by Gasteiger charge is -2.30. The van der Waals surface area contributed by atoms with Crippen LogP contribution in [0.2, 0.25) is 0 Å². The van der Waals surface area contributed by atoms with Crippen LogP contribution in [0.25, 0.3) is 11.1 Å². The zero-order valence-corrected chi connectivity index (χ0v) is 19.4. The number of nitrogens with zero attached hydrogens (tertiary/aromatic N) is 1. The average molecular weight is 438 g/mol. The van der Waals surface area contributed by atoms with Crippen molar-refractivity contribution < 1.29 is 0 Å².